The maximum atomic E-state index is 12.7. The molecule has 1 nitrogen and oxygen atoms in total. The first-order valence-electron chi connectivity index (χ1n) is 4.10. The lowest BCUT2D eigenvalue weighted by molar-refractivity contribution is 0.624. The number of benzene rings is 1. The van der Waals surface area contributed by atoms with E-state index in [2.05, 4.69) is 0 Å². The van der Waals surface area contributed by atoms with Gasteiger partial charge in [0.15, 0.2) is 0 Å². The molecule has 12 heavy (non-hydrogen) atoms. The van der Waals surface area contributed by atoms with Crippen molar-refractivity contribution < 1.29 is 4.39 Å². The molecule has 0 radical (unpaired) electrons. The lowest BCUT2D eigenvalue weighted by atomic mass is 10.0. The van der Waals surface area contributed by atoms with Crippen molar-refractivity contribution in [2.75, 3.05) is 0 Å². The van der Waals surface area contributed by atoms with Gasteiger partial charge in [-0.3, -0.25) is 0 Å². The molecule has 0 aliphatic rings. The number of aryl methyl sites for hydroxylation is 1. The fourth-order valence-corrected chi connectivity index (χ4v) is 1.24. The Morgan fingerprint density at radius 1 is 1.50 bits per heavy atom. The number of halogens is 1. The van der Waals surface area contributed by atoms with Crippen LogP contribution in [0.4, 0.5) is 4.39 Å². The average molecular weight is 167 g/mol. The summed E-state index contributed by atoms with van der Waals surface area (Å²) >= 11 is 0. The van der Waals surface area contributed by atoms with E-state index in [9.17, 15) is 4.39 Å². The minimum Gasteiger partial charge on any atom is -0.328 e. The fourth-order valence-electron chi connectivity index (χ4n) is 1.24. The maximum absolute atomic E-state index is 12.7. The van der Waals surface area contributed by atoms with Crippen molar-refractivity contribution in [2.45, 2.75) is 26.3 Å². The molecule has 0 aliphatic heterocycles. The molecule has 0 unspecified atom stereocenters. The molecular weight excluding hydrogens is 153 g/mol. The van der Waals surface area contributed by atoms with Crippen molar-refractivity contribution in [2.24, 2.45) is 5.73 Å². The second kappa shape index (κ2) is 3.68. The van der Waals surface area contributed by atoms with Crippen LogP contribution in [0.2, 0.25) is 0 Å². The summed E-state index contributed by atoms with van der Waals surface area (Å²) in [5, 5.41) is 0. The third-order valence-electron chi connectivity index (χ3n) is 1.85. The number of rotatable bonds is 2. The van der Waals surface area contributed by atoms with Crippen LogP contribution in [0.15, 0.2) is 18.2 Å². The highest BCUT2D eigenvalue weighted by molar-refractivity contribution is 5.27. The highest BCUT2D eigenvalue weighted by atomic mass is 19.1. The van der Waals surface area contributed by atoms with Crippen LogP contribution in [-0.2, 0) is 6.42 Å². The first-order chi connectivity index (χ1) is 5.59. The van der Waals surface area contributed by atoms with Crippen molar-refractivity contribution >= 4 is 0 Å². The van der Waals surface area contributed by atoms with E-state index >= 15 is 0 Å². The second-order valence-electron chi connectivity index (χ2n) is 3.25. The van der Waals surface area contributed by atoms with Crippen LogP contribution in [0, 0.1) is 12.7 Å². The Labute approximate surface area is 72.4 Å². The van der Waals surface area contributed by atoms with Crippen LogP contribution in [0.1, 0.15) is 18.1 Å². The summed E-state index contributed by atoms with van der Waals surface area (Å²) in [6.07, 6.45) is 0.812. The molecular formula is C10H14FN. The lowest BCUT2D eigenvalue weighted by Gasteiger charge is -2.07. The van der Waals surface area contributed by atoms with Crippen molar-refractivity contribution in [3.8, 4) is 0 Å². The zero-order valence-corrected chi connectivity index (χ0v) is 7.47. The first-order valence-corrected chi connectivity index (χ1v) is 4.10. The Morgan fingerprint density at radius 2 is 2.17 bits per heavy atom. The zero-order valence-electron chi connectivity index (χ0n) is 7.47. The summed E-state index contributed by atoms with van der Waals surface area (Å²) in [4.78, 5) is 0. The van der Waals surface area contributed by atoms with E-state index in [4.69, 9.17) is 5.73 Å². The molecule has 66 valence electrons. The SMILES string of the molecule is Cc1cc(F)ccc1C[C@H](C)N. The smallest absolute Gasteiger partial charge is 0.123 e. The van der Waals surface area contributed by atoms with E-state index < -0.39 is 0 Å². The van der Waals surface area contributed by atoms with Gasteiger partial charge in [-0.2, -0.15) is 0 Å². The molecule has 1 rings (SSSR count). The predicted octanol–water partition coefficient (Wildman–Crippen LogP) is 2.02. The van der Waals surface area contributed by atoms with Crippen LogP contribution in [0.3, 0.4) is 0 Å². The van der Waals surface area contributed by atoms with Crippen LogP contribution in [0.5, 0.6) is 0 Å². The zero-order chi connectivity index (χ0) is 9.14. The molecule has 0 amide bonds. The summed E-state index contributed by atoms with van der Waals surface area (Å²) in [7, 11) is 0. The summed E-state index contributed by atoms with van der Waals surface area (Å²) in [6, 6.07) is 4.95. The van der Waals surface area contributed by atoms with E-state index in [0.29, 0.717) is 0 Å². The monoisotopic (exact) mass is 167 g/mol. The molecule has 1 aromatic rings. The summed E-state index contributed by atoms with van der Waals surface area (Å²) in [5.41, 5.74) is 7.75. The molecule has 1 aromatic carbocycles. The van der Waals surface area contributed by atoms with Crippen molar-refractivity contribution in [1.29, 1.82) is 0 Å². The van der Waals surface area contributed by atoms with Gasteiger partial charge in [0.2, 0.25) is 0 Å². The normalized spacial score (nSPS) is 13.0. The molecule has 0 heterocycles. The van der Waals surface area contributed by atoms with Gasteiger partial charge < -0.3 is 5.73 Å². The van der Waals surface area contributed by atoms with Crippen LogP contribution in [-0.4, -0.2) is 6.04 Å². The van der Waals surface area contributed by atoms with Crippen molar-refractivity contribution in [3.05, 3.63) is 35.1 Å². The third-order valence-corrected chi connectivity index (χ3v) is 1.85. The lowest BCUT2D eigenvalue weighted by Crippen LogP contribution is -2.18. The molecule has 1 atom stereocenters. The van der Waals surface area contributed by atoms with Gasteiger partial charge in [0.25, 0.3) is 0 Å². The van der Waals surface area contributed by atoms with Crippen LogP contribution < -0.4 is 5.73 Å². The minimum atomic E-state index is -0.180. The Bertz CT molecular complexity index is 269. The van der Waals surface area contributed by atoms with Gasteiger partial charge in [-0.05, 0) is 43.5 Å². The topological polar surface area (TPSA) is 26.0 Å². The average Bonchev–Trinajstić information content (AvgIpc) is 1.94. The number of nitrogens with two attached hydrogens (primary N) is 1. The third kappa shape index (κ3) is 2.31. The van der Waals surface area contributed by atoms with E-state index in [1.54, 1.807) is 6.07 Å². The molecule has 2 N–H and O–H groups in total. The van der Waals surface area contributed by atoms with Gasteiger partial charge in [0.05, 0.1) is 0 Å². The van der Waals surface area contributed by atoms with E-state index in [-0.39, 0.29) is 11.9 Å². The highest BCUT2D eigenvalue weighted by Crippen LogP contribution is 2.11. The molecule has 0 bridgehead atoms. The van der Waals surface area contributed by atoms with Crippen LogP contribution >= 0.6 is 0 Å². The first kappa shape index (κ1) is 9.20. The largest absolute Gasteiger partial charge is 0.328 e. The molecule has 0 saturated heterocycles. The molecule has 0 spiro atoms. The standard InChI is InChI=1S/C10H14FN/c1-7-5-10(11)4-3-9(7)6-8(2)12/h3-5,8H,6,12H2,1-2H3/t8-/m0/s1. The Morgan fingerprint density at radius 3 is 2.67 bits per heavy atom. The van der Waals surface area contributed by atoms with Gasteiger partial charge >= 0.3 is 0 Å². The second-order valence-corrected chi connectivity index (χ2v) is 3.25. The van der Waals surface area contributed by atoms with Gasteiger partial charge in [-0.1, -0.05) is 6.07 Å². The van der Waals surface area contributed by atoms with Gasteiger partial charge in [0, 0.05) is 6.04 Å². The van der Waals surface area contributed by atoms with Gasteiger partial charge in [0.1, 0.15) is 5.82 Å². The van der Waals surface area contributed by atoms with Crippen molar-refractivity contribution in [3.63, 3.8) is 0 Å². The van der Waals surface area contributed by atoms with E-state index in [0.717, 1.165) is 17.5 Å². The summed E-state index contributed by atoms with van der Waals surface area (Å²) < 4.78 is 12.7. The Hall–Kier alpha value is -0.890. The quantitative estimate of drug-likeness (QED) is 0.716. The molecule has 0 fully saturated rings. The van der Waals surface area contributed by atoms with Gasteiger partial charge in [-0.25, -0.2) is 4.39 Å². The maximum Gasteiger partial charge on any atom is 0.123 e. The minimum absolute atomic E-state index is 0.133. The summed E-state index contributed by atoms with van der Waals surface area (Å²) in [6.45, 7) is 3.85. The predicted molar refractivity (Wildman–Crippen MR) is 48.5 cm³/mol. The number of hydrogen-bond acceptors (Lipinski definition) is 1. The van der Waals surface area contributed by atoms with Crippen molar-refractivity contribution in [1.82, 2.24) is 0 Å². The molecule has 0 saturated carbocycles. The van der Waals surface area contributed by atoms with Gasteiger partial charge in [-0.15, -0.1) is 0 Å². The highest BCUT2D eigenvalue weighted by Gasteiger charge is 2.01. The molecule has 0 aromatic heterocycles. The molecule has 2 heteroatoms. The fraction of sp³-hybridized carbons (Fsp3) is 0.400. The number of hydrogen-bond donors (Lipinski definition) is 1. The van der Waals surface area contributed by atoms with E-state index in [1.807, 2.05) is 13.8 Å². The van der Waals surface area contributed by atoms with E-state index in [1.165, 1.54) is 12.1 Å². The van der Waals surface area contributed by atoms with Crippen LogP contribution in [0.25, 0.3) is 0 Å². The molecule has 0 aliphatic carbocycles. The Kier molecular flexibility index (Phi) is 2.82. The summed E-state index contributed by atoms with van der Waals surface area (Å²) in [5.74, 6) is -0.180. The Balaban J connectivity index is 2.86.